The summed E-state index contributed by atoms with van der Waals surface area (Å²) in [5.74, 6) is 0.00716. The second kappa shape index (κ2) is 7.07. The zero-order valence-corrected chi connectivity index (χ0v) is 14.8. The minimum Gasteiger partial charge on any atom is -0.494 e. The van der Waals surface area contributed by atoms with Gasteiger partial charge in [0.15, 0.2) is 6.67 Å². The van der Waals surface area contributed by atoms with E-state index >= 15 is 0 Å². The Morgan fingerprint density at radius 3 is 2.48 bits per heavy atom. The Hall–Kier alpha value is -2.66. The summed E-state index contributed by atoms with van der Waals surface area (Å²) in [6.07, 6.45) is 0. The number of quaternary nitrogens is 1. The molecule has 0 saturated carbocycles. The molecule has 0 radical (unpaired) electrons. The molecule has 1 aliphatic rings. The summed E-state index contributed by atoms with van der Waals surface area (Å²) >= 11 is 0. The number of aryl methyl sites for hydroxylation is 1. The molecule has 2 aromatic carbocycles. The molecule has 1 amide bonds. The van der Waals surface area contributed by atoms with Gasteiger partial charge in [0, 0.05) is 5.56 Å². The lowest BCUT2D eigenvalue weighted by Gasteiger charge is -2.22. The van der Waals surface area contributed by atoms with Gasteiger partial charge in [-0.15, -0.1) is 0 Å². The molecular formula is C20H23N2O3+. The van der Waals surface area contributed by atoms with Crippen LogP contribution in [0.25, 0.3) is 0 Å². The number of hydrogen-bond acceptors (Lipinski definition) is 3. The first-order valence-corrected chi connectivity index (χ1v) is 8.49. The Kier molecular flexibility index (Phi) is 4.86. The van der Waals surface area contributed by atoms with E-state index in [-0.39, 0.29) is 0 Å². The van der Waals surface area contributed by atoms with Gasteiger partial charge in [0.2, 0.25) is 0 Å². The first kappa shape index (κ1) is 17.2. The molecular weight excluding hydrogens is 316 g/mol. The van der Waals surface area contributed by atoms with Crippen molar-refractivity contribution in [2.75, 3.05) is 25.2 Å². The SMILES string of the molecule is CCOc1ccc(C[NH+](C)CN2C(=O)C(=O)c3cc(C)ccc32)cc1. The van der Waals surface area contributed by atoms with Crippen molar-refractivity contribution in [3.63, 3.8) is 0 Å². The molecule has 5 nitrogen and oxygen atoms in total. The smallest absolute Gasteiger partial charge is 0.303 e. The van der Waals surface area contributed by atoms with Crippen molar-refractivity contribution in [1.29, 1.82) is 0 Å². The zero-order chi connectivity index (χ0) is 18.0. The van der Waals surface area contributed by atoms with Gasteiger partial charge in [-0.3, -0.25) is 14.5 Å². The van der Waals surface area contributed by atoms with Crippen LogP contribution in [-0.4, -0.2) is 32.0 Å². The number of nitrogens with one attached hydrogen (secondary N) is 1. The van der Waals surface area contributed by atoms with Crippen LogP contribution in [0.15, 0.2) is 42.5 Å². The zero-order valence-electron chi connectivity index (χ0n) is 14.8. The number of Topliss-reactive ketones (excluding diaryl/α,β-unsaturated/α-hetero) is 1. The van der Waals surface area contributed by atoms with Gasteiger partial charge in [-0.25, -0.2) is 0 Å². The summed E-state index contributed by atoms with van der Waals surface area (Å²) in [6.45, 7) is 5.73. The maximum atomic E-state index is 12.3. The molecule has 0 aliphatic carbocycles. The summed E-state index contributed by atoms with van der Waals surface area (Å²) in [5.41, 5.74) is 3.37. The highest BCUT2D eigenvalue weighted by atomic mass is 16.5. The molecule has 25 heavy (non-hydrogen) atoms. The Balaban J connectivity index is 1.70. The van der Waals surface area contributed by atoms with Crippen LogP contribution in [0.5, 0.6) is 5.75 Å². The van der Waals surface area contributed by atoms with E-state index < -0.39 is 11.7 Å². The Morgan fingerprint density at radius 1 is 1.08 bits per heavy atom. The van der Waals surface area contributed by atoms with Crippen LogP contribution in [0, 0.1) is 6.92 Å². The van der Waals surface area contributed by atoms with Gasteiger partial charge < -0.3 is 9.64 Å². The molecule has 3 rings (SSSR count). The monoisotopic (exact) mass is 339 g/mol. The highest BCUT2D eigenvalue weighted by molar-refractivity contribution is 6.52. The van der Waals surface area contributed by atoms with Crippen LogP contribution in [0.1, 0.15) is 28.4 Å². The molecule has 0 bridgehead atoms. The largest absolute Gasteiger partial charge is 0.494 e. The summed E-state index contributed by atoms with van der Waals surface area (Å²) in [5, 5.41) is 0. The first-order valence-electron chi connectivity index (χ1n) is 8.49. The van der Waals surface area contributed by atoms with Crippen molar-refractivity contribution >= 4 is 17.4 Å². The number of fused-ring (bicyclic) bond motifs is 1. The van der Waals surface area contributed by atoms with Crippen molar-refractivity contribution in [3.8, 4) is 5.75 Å². The topological polar surface area (TPSA) is 51.1 Å². The molecule has 1 atom stereocenters. The number of ketones is 1. The van der Waals surface area contributed by atoms with E-state index in [0.29, 0.717) is 24.5 Å². The van der Waals surface area contributed by atoms with E-state index in [2.05, 4.69) is 0 Å². The normalized spacial score (nSPS) is 14.6. The number of rotatable bonds is 6. The highest BCUT2D eigenvalue weighted by Gasteiger charge is 2.37. The lowest BCUT2D eigenvalue weighted by atomic mass is 10.1. The van der Waals surface area contributed by atoms with Gasteiger partial charge in [0.05, 0.1) is 24.9 Å². The van der Waals surface area contributed by atoms with Crippen LogP contribution >= 0.6 is 0 Å². The maximum absolute atomic E-state index is 12.3. The lowest BCUT2D eigenvalue weighted by molar-refractivity contribution is -0.892. The molecule has 1 N–H and O–H groups in total. The van der Waals surface area contributed by atoms with Gasteiger partial charge in [-0.2, -0.15) is 0 Å². The second-order valence-corrected chi connectivity index (χ2v) is 6.45. The fourth-order valence-corrected chi connectivity index (χ4v) is 3.12. The molecule has 0 aromatic heterocycles. The molecule has 1 unspecified atom stereocenters. The van der Waals surface area contributed by atoms with Crippen LogP contribution in [0.3, 0.4) is 0 Å². The number of carbonyl (C=O) groups is 2. The number of benzene rings is 2. The van der Waals surface area contributed by atoms with Gasteiger partial charge >= 0.3 is 5.91 Å². The third-order valence-corrected chi connectivity index (χ3v) is 4.30. The van der Waals surface area contributed by atoms with E-state index in [1.807, 2.05) is 57.3 Å². The quantitative estimate of drug-likeness (QED) is 0.814. The van der Waals surface area contributed by atoms with Crippen LogP contribution < -0.4 is 14.5 Å². The standard InChI is InChI=1S/C20H22N2O3/c1-4-25-16-8-6-15(7-9-16)12-21(3)13-22-18-10-5-14(2)11-17(18)19(23)20(22)24/h5-11H,4,12-13H2,1-3H3/p+1. The molecule has 1 aliphatic heterocycles. The molecule has 2 aromatic rings. The van der Waals surface area contributed by atoms with Gasteiger partial charge in [-0.05, 0) is 50.2 Å². The number of amides is 1. The summed E-state index contributed by atoms with van der Waals surface area (Å²) in [7, 11) is 2.01. The van der Waals surface area contributed by atoms with E-state index in [9.17, 15) is 9.59 Å². The molecule has 0 spiro atoms. The molecule has 0 fully saturated rings. The highest BCUT2D eigenvalue weighted by Crippen LogP contribution is 2.28. The summed E-state index contributed by atoms with van der Waals surface area (Å²) < 4.78 is 5.45. The Labute approximate surface area is 147 Å². The Bertz CT molecular complexity index is 799. The van der Waals surface area contributed by atoms with Crippen molar-refractivity contribution in [2.24, 2.45) is 0 Å². The maximum Gasteiger partial charge on any atom is 0.303 e. The average molecular weight is 339 g/mol. The average Bonchev–Trinajstić information content (AvgIpc) is 2.81. The van der Waals surface area contributed by atoms with Crippen molar-refractivity contribution < 1.29 is 19.2 Å². The predicted molar refractivity (Wildman–Crippen MR) is 96.1 cm³/mol. The van der Waals surface area contributed by atoms with Crippen molar-refractivity contribution in [3.05, 3.63) is 59.2 Å². The van der Waals surface area contributed by atoms with Crippen molar-refractivity contribution in [2.45, 2.75) is 20.4 Å². The molecule has 130 valence electrons. The number of hydrogen-bond donors (Lipinski definition) is 1. The van der Waals surface area contributed by atoms with Gasteiger partial charge in [-0.1, -0.05) is 11.6 Å². The van der Waals surface area contributed by atoms with E-state index in [1.165, 1.54) is 0 Å². The molecule has 5 heteroatoms. The minimum atomic E-state index is -0.438. The predicted octanol–water partition coefficient (Wildman–Crippen LogP) is 1.60. The van der Waals surface area contributed by atoms with Crippen molar-refractivity contribution in [1.82, 2.24) is 0 Å². The third-order valence-electron chi connectivity index (χ3n) is 4.30. The van der Waals surface area contributed by atoms with Crippen LogP contribution in [0.4, 0.5) is 5.69 Å². The number of nitrogens with zero attached hydrogens (tertiary/aromatic N) is 1. The number of carbonyl (C=O) groups excluding carboxylic acids is 2. The van der Waals surface area contributed by atoms with E-state index in [0.717, 1.165) is 28.3 Å². The number of anilines is 1. The summed E-state index contributed by atoms with van der Waals surface area (Å²) in [6, 6.07) is 13.5. The van der Waals surface area contributed by atoms with Crippen LogP contribution in [0.2, 0.25) is 0 Å². The van der Waals surface area contributed by atoms with E-state index in [4.69, 9.17) is 4.74 Å². The molecule has 0 saturated heterocycles. The third kappa shape index (κ3) is 3.56. The second-order valence-electron chi connectivity index (χ2n) is 6.45. The van der Waals surface area contributed by atoms with Crippen LogP contribution in [-0.2, 0) is 11.3 Å². The first-order chi connectivity index (χ1) is 12.0. The fraction of sp³-hybridized carbons (Fsp3) is 0.300. The van der Waals surface area contributed by atoms with E-state index in [1.54, 1.807) is 11.0 Å². The summed E-state index contributed by atoms with van der Waals surface area (Å²) in [4.78, 5) is 27.2. The molecule has 1 heterocycles. The van der Waals surface area contributed by atoms with Gasteiger partial charge in [0.25, 0.3) is 5.78 Å². The van der Waals surface area contributed by atoms with Gasteiger partial charge in [0.1, 0.15) is 12.3 Å². The minimum absolute atomic E-state index is 0.410. The lowest BCUT2D eigenvalue weighted by Crippen LogP contribution is -3.09. The number of ether oxygens (including phenoxy) is 1. The Morgan fingerprint density at radius 2 is 1.80 bits per heavy atom. The fourth-order valence-electron chi connectivity index (χ4n) is 3.12.